The van der Waals surface area contributed by atoms with Crippen LogP contribution in [0.4, 0.5) is 5.69 Å². The van der Waals surface area contributed by atoms with Crippen LogP contribution in [0.15, 0.2) is 30.3 Å². The zero-order valence-corrected chi connectivity index (χ0v) is 21.4. The molecule has 0 heterocycles. The first-order chi connectivity index (χ1) is 16.5. The van der Waals surface area contributed by atoms with E-state index in [0.717, 1.165) is 57.1 Å². The third-order valence-corrected chi connectivity index (χ3v) is 7.43. The van der Waals surface area contributed by atoms with Crippen molar-refractivity contribution < 1.29 is 14.7 Å². The number of hydrogen-bond acceptors (Lipinski definition) is 4. The fourth-order valence-corrected chi connectivity index (χ4v) is 5.08. The minimum Gasteiger partial charge on any atom is -0.507 e. The summed E-state index contributed by atoms with van der Waals surface area (Å²) >= 11 is 0. The van der Waals surface area contributed by atoms with Crippen LogP contribution < -0.4 is 5.32 Å². The average Bonchev–Trinajstić information content (AvgIpc) is 2.86. The Morgan fingerprint density at radius 1 is 0.824 bits per heavy atom. The van der Waals surface area contributed by atoms with Gasteiger partial charge in [0.25, 0.3) is 0 Å². The first-order valence-corrected chi connectivity index (χ1v) is 13.3. The zero-order valence-electron chi connectivity index (χ0n) is 21.4. The molecule has 2 N–H and O–H groups in total. The number of phenols is 1. The van der Waals surface area contributed by atoms with Crippen LogP contribution in [0.3, 0.4) is 0 Å². The summed E-state index contributed by atoms with van der Waals surface area (Å²) in [5, 5.41) is 14.8. The van der Waals surface area contributed by atoms with Crippen LogP contribution in [0.1, 0.15) is 116 Å². The van der Waals surface area contributed by atoms with Crippen LogP contribution in [-0.2, 0) is 6.42 Å². The number of unbranched alkanes of at least 4 members (excludes halogenated alkanes) is 2. The number of hydrogen-bond donors (Lipinski definition) is 2. The molecule has 2 aromatic rings. The predicted octanol–water partition coefficient (Wildman–Crippen LogP) is 7.55. The van der Waals surface area contributed by atoms with E-state index < -0.39 is 0 Å². The maximum atomic E-state index is 13.5. The third kappa shape index (κ3) is 5.54. The molecule has 4 heteroatoms. The van der Waals surface area contributed by atoms with Gasteiger partial charge in [0.15, 0.2) is 11.6 Å². The molecule has 0 radical (unpaired) electrons. The standard InChI is InChI=1S/C30H41NO3/c1-5-9-13-20(7-3)17-22-18-25(31-19-21(8-4)14-10-6-2)26-27(28(22)32)30(34)24-16-12-11-15-23(24)29(26)33/h11-12,15-16,18,20-21,31-32H,5-10,13-14,17,19H2,1-4H3. The molecule has 0 spiro atoms. The maximum Gasteiger partial charge on any atom is 0.198 e. The number of aromatic hydroxyl groups is 1. The molecule has 0 amide bonds. The summed E-state index contributed by atoms with van der Waals surface area (Å²) < 4.78 is 0. The van der Waals surface area contributed by atoms with Crippen molar-refractivity contribution in [2.45, 2.75) is 85.5 Å². The highest BCUT2D eigenvalue weighted by atomic mass is 16.3. The SMILES string of the molecule is CCCCC(CC)CNc1cc(CC(CC)CCCC)c(O)c2c1C(=O)c1ccccc1C2=O. The summed E-state index contributed by atoms with van der Waals surface area (Å²) in [5.74, 6) is 0.483. The second-order valence-electron chi connectivity index (χ2n) is 9.80. The molecule has 1 aliphatic carbocycles. The molecule has 0 fully saturated rings. The quantitative estimate of drug-likeness (QED) is 0.257. The van der Waals surface area contributed by atoms with Gasteiger partial charge < -0.3 is 10.4 Å². The molecule has 2 aromatic carbocycles. The molecule has 0 bridgehead atoms. The van der Waals surface area contributed by atoms with Gasteiger partial charge in [-0.05, 0) is 36.3 Å². The summed E-state index contributed by atoms with van der Waals surface area (Å²) in [5.41, 5.74) is 2.77. The van der Waals surface area contributed by atoms with Crippen molar-refractivity contribution in [1.29, 1.82) is 0 Å². The molecule has 0 saturated heterocycles. The number of nitrogens with one attached hydrogen (secondary N) is 1. The van der Waals surface area contributed by atoms with Crippen molar-refractivity contribution >= 4 is 17.3 Å². The van der Waals surface area contributed by atoms with Gasteiger partial charge in [0, 0.05) is 23.4 Å². The molecule has 0 aromatic heterocycles. The van der Waals surface area contributed by atoms with Gasteiger partial charge >= 0.3 is 0 Å². The molecule has 3 rings (SSSR count). The van der Waals surface area contributed by atoms with Gasteiger partial charge in [0.1, 0.15) is 5.75 Å². The normalized spacial score (nSPS) is 14.5. The average molecular weight is 464 g/mol. The Morgan fingerprint density at radius 3 is 1.94 bits per heavy atom. The summed E-state index contributed by atoms with van der Waals surface area (Å²) in [4.78, 5) is 27.0. The number of carbonyl (C=O) groups excluding carboxylic acids is 2. The molecular weight excluding hydrogens is 422 g/mol. The van der Waals surface area contributed by atoms with Crippen molar-refractivity contribution in [3.63, 3.8) is 0 Å². The van der Waals surface area contributed by atoms with Gasteiger partial charge in [0.2, 0.25) is 0 Å². The zero-order chi connectivity index (χ0) is 24.7. The fraction of sp³-hybridized carbons (Fsp3) is 0.533. The van der Waals surface area contributed by atoms with Crippen LogP contribution in [0.2, 0.25) is 0 Å². The first-order valence-electron chi connectivity index (χ1n) is 13.3. The maximum absolute atomic E-state index is 13.5. The lowest BCUT2D eigenvalue weighted by molar-refractivity contribution is 0.0977. The molecule has 184 valence electrons. The van der Waals surface area contributed by atoms with E-state index in [-0.39, 0.29) is 22.9 Å². The van der Waals surface area contributed by atoms with Crippen LogP contribution in [-0.4, -0.2) is 23.2 Å². The molecule has 0 aliphatic heterocycles. The van der Waals surface area contributed by atoms with Crippen LogP contribution >= 0.6 is 0 Å². The minimum absolute atomic E-state index is 0.0126. The summed E-state index contributed by atoms with van der Waals surface area (Å²) in [7, 11) is 0. The molecular formula is C30H41NO3. The Balaban J connectivity index is 2.05. The van der Waals surface area contributed by atoms with Gasteiger partial charge in [-0.3, -0.25) is 9.59 Å². The Hall–Kier alpha value is -2.62. The minimum atomic E-state index is -0.257. The van der Waals surface area contributed by atoms with E-state index in [9.17, 15) is 14.7 Å². The number of carbonyl (C=O) groups is 2. The molecule has 0 saturated carbocycles. The van der Waals surface area contributed by atoms with Crippen LogP contribution in [0, 0.1) is 11.8 Å². The smallest absolute Gasteiger partial charge is 0.198 e. The molecule has 2 atom stereocenters. The lowest BCUT2D eigenvalue weighted by atomic mass is 9.80. The monoisotopic (exact) mass is 463 g/mol. The Bertz CT molecular complexity index is 1010. The number of anilines is 1. The van der Waals surface area contributed by atoms with E-state index >= 15 is 0 Å². The first kappa shape index (κ1) is 26.0. The highest BCUT2D eigenvalue weighted by Gasteiger charge is 2.35. The number of phenolic OH excluding ortho intramolecular Hbond substituents is 1. The lowest BCUT2D eigenvalue weighted by Crippen LogP contribution is -2.25. The summed E-state index contributed by atoms with van der Waals surface area (Å²) in [6, 6.07) is 8.89. The van der Waals surface area contributed by atoms with Crippen molar-refractivity contribution in [1.82, 2.24) is 0 Å². The summed E-state index contributed by atoms with van der Waals surface area (Å²) in [6.07, 6.45) is 9.65. The molecule has 2 unspecified atom stereocenters. The van der Waals surface area contributed by atoms with E-state index in [0.29, 0.717) is 40.6 Å². The molecule has 4 nitrogen and oxygen atoms in total. The predicted molar refractivity (Wildman–Crippen MR) is 140 cm³/mol. The lowest BCUT2D eigenvalue weighted by Gasteiger charge is -2.26. The van der Waals surface area contributed by atoms with Crippen LogP contribution in [0.5, 0.6) is 5.75 Å². The van der Waals surface area contributed by atoms with E-state index in [1.165, 1.54) is 6.42 Å². The second-order valence-corrected chi connectivity index (χ2v) is 9.80. The highest BCUT2D eigenvalue weighted by Crippen LogP contribution is 2.41. The number of fused-ring (bicyclic) bond motifs is 2. The van der Waals surface area contributed by atoms with Gasteiger partial charge in [-0.2, -0.15) is 0 Å². The van der Waals surface area contributed by atoms with Crippen molar-refractivity contribution in [3.8, 4) is 5.75 Å². The number of benzene rings is 2. The van der Waals surface area contributed by atoms with E-state index in [1.54, 1.807) is 24.3 Å². The van der Waals surface area contributed by atoms with Gasteiger partial charge in [-0.15, -0.1) is 0 Å². The van der Waals surface area contributed by atoms with Crippen molar-refractivity contribution in [3.05, 3.63) is 58.1 Å². The van der Waals surface area contributed by atoms with Gasteiger partial charge in [-0.1, -0.05) is 96.9 Å². The summed E-state index contributed by atoms with van der Waals surface area (Å²) in [6.45, 7) is 9.52. The molecule has 1 aliphatic rings. The highest BCUT2D eigenvalue weighted by molar-refractivity contribution is 6.31. The molecule has 34 heavy (non-hydrogen) atoms. The van der Waals surface area contributed by atoms with Crippen molar-refractivity contribution in [2.24, 2.45) is 11.8 Å². The van der Waals surface area contributed by atoms with E-state index in [4.69, 9.17) is 0 Å². The van der Waals surface area contributed by atoms with E-state index in [2.05, 4.69) is 33.0 Å². The van der Waals surface area contributed by atoms with Crippen LogP contribution in [0.25, 0.3) is 0 Å². The van der Waals surface area contributed by atoms with E-state index in [1.807, 2.05) is 6.07 Å². The van der Waals surface area contributed by atoms with Crippen molar-refractivity contribution in [2.75, 3.05) is 11.9 Å². The Labute approximate surface area is 205 Å². The fourth-order valence-electron chi connectivity index (χ4n) is 5.08. The van der Waals surface area contributed by atoms with Gasteiger partial charge in [-0.25, -0.2) is 0 Å². The Kier molecular flexibility index (Phi) is 9.32. The second kappa shape index (κ2) is 12.2. The Morgan fingerprint density at radius 2 is 1.38 bits per heavy atom. The number of rotatable bonds is 13. The number of ketones is 2. The topological polar surface area (TPSA) is 66.4 Å². The van der Waals surface area contributed by atoms with Gasteiger partial charge in [0.05, 0.1) is 11.1 Å². The largest absolute Gasteiger partial charge is 0.507 e. The third-order valence-electron chi connectivity index (χ3n) is 7.43.